The maximum atomic E-state index is 13.1. The summed E-state index contributed by atoms with van der Waals surface area (Å²) in [6.07, 6.45) is 6.79. The van der Waals surface area contributed by atoms with Crippen LogP contribution in [0.3, 0.4) is 0 Å². The largest absolute Gasteiger partial charge is 0.467 e. The molecule has 0 aromatic carbocycles. The van der Waals surface area contributed by atoms with Gasteiger partial charge in [0, 0.05) is 19.7 Å². The minimum Gasteiger partial charge on any atom is -0.467 e. The van der Waals surface area contributed by atoms with Gasteiger partial charge in [0.25, 0.3) is 5.91 Å². The van der Waals surface area contributed by atoms with Crippen LogP contribution in [0.2, 0.25) is 0 Å². The topological polar surface area (TPSA) is 76.1 Å². The zero-order valence-electron chi connectivity index (χ0n) is 16.3. The lowest BCUT2D eigenvalue weighted by atomic mass is 10.2. The molecule has 1 atom stereocenters. The van der Waals surface area contributed by atoms with Crippen LogP contribution in [0.5, 0.6) is 0 Å². The van der Waals surface area contributed by atoms with Crippen molar-refractivity contribution in [3.63, 3.8) is 0 Å². The molecule has 0 spiro atoms. The van der Waals surface area contributed by atoms with E-state index in [4.69, 9.17) is 13.6 Å². The molecule has 0 unspecified atom stereocenters. The van der Waals surface area contributed by atoms with Crippen LogP contribution in [0.15, 0.2) is 45.6 Å². The van der Waals surface area contributed by atoms with Crippen LogP contribution in [-0.4, -0.2) is 54.0 Å². The second-order valence-electron chi connectivity index (χ2n) is 7.05. The normalized spacial score (nSPS) is 16.2. The van der Waals surface area contributed by atoms with Crippen LogP contribution < -0.4 is 0 Å². The van der Waals surface area contributed by atoms with Gasteiger partial charge < -0.3 is 23.4 Å². The van der Waals surface area contributed by atoms with E-state index < -0.39 is 0 Å². The quantitative estimate of drug-likeness (QED) is 0.624. The number of ether oxygens (including phenoxy) is 1. The van der Waals surface area contributed by atoms with Crippen LogP contribution in [-0.2, 0) is 16.1 Å². The smallest absolute Gasteiger partial charge is 0.290 e. The Balaban J connectivity index is 1.69. The van der Waals surface area contributed by atoms with E-state index >= 15 is 0 Å². The second-order valence-corrected chi connectivity index (χ2v) is 7.05. The van der Waals surface area contributed by atoms with E-state index in [9.17, 15) is 9.59 Å². The van der Waals surface area contributed by atoms with Gasteiger partial charge in [-0.05, 0) is 43.5 Å². The summed E-state index contributed by atoms with van der Waals surface area (Å²) in [7, 11) is 0. The molecule has 3 rings (SSSR count). The summed E-state index contributed by atoms with van der Waals surface area (Å²) in [5.41, 5.74) is 0. The summed E-state index contributed by atoms with van der Waals surface area (Å²) in [6, 6.07) is 6.95. The van der Waals surface area contributed by atoms with Crippen molar-refractivity contribution in [2.24, 2.45) is 0 Å². The van der Waals surface area contributed by atoms with E-state index in [2.05, 4.69) is 6.92 Å². The predicted octanol–water partition coefficient (Wildman–Crippen LogP) is 3.32. The Morgan fingerprint density at radius 3 is 2.61 bits per heavy atom. The first-order chi connectivity index (χ1) is 13.7. The van der Waals surface area contributed by atoms with E-state index in [-0.39, 0.29) is 30.2 Å². The Morgan fingerprint density at radius 1 is 1.14 bits per heavy atom. The minimum atomic E-state index is -0.262. The molecule has 0 bridgehead atoms. The fourth-order valence-electron chi connectivity index (χ4n) is 3.30. The fraction of sp³-hybridized carbons (Fsp3) is 0.524. The summed E-state index contributed by atoms with van der Waals surface area (Å²) >= 11 is 0. The molecule has 152 valence electrons. The summed E-state index contributed by atoms with van der Waals surface area (Å²) < 4.78 is 16.4. The zero-order chi connectivity index (χ0) is 19.8. The monoisotopic (exact) mass is 388 g/mol. The molecular weight excluding hydrogens is 360 g/mol. The molecule has 2 aromatic rings. The minimum absolute atomic E-state index is 0.00691. The SMILES string of the molecule is CCCCN(CC(=O)N(Cc1ccco1)C[C@H]1CCCO1)C(=O)c1ccco1. The fourth-order valence-corrected chi connectivity index (χ4v) is 3.30. The van der Waals surface area contributed by atoms with Crippen LogP contribution >= 0.6 is 0 Å². The molecule has 2 amide bonds. The van der Waals surface area contributed by atoms with Gasteiger partial charge in [-0.25, -0.2) is 0 Å². The molecule has 1 fully saturated rings. The van der Waals surface area contributed by atoms with Crippen LogP contribution in [0.4, 0.5) is 0 Å². The predicted molar refractivity (Wildman–Crippen MR) is 103 cm³/mol. The number of hydrogen-bond donors (Lipinski definition) is 0. The van der Waals surface area contributed by atoms with Gasteiger partial charge in [0.15, 0.2) is 5.76 Å². The van der Waals surface area contributed by atoms with E-state index in [1.807, 2.05) is 6.07 Å². The summed E-state index contributed by atoms with van der Waals surface area (Å²) in [6.45, 7) is 4.16. The Kier molecular flexibility index (Phi) is 7.31. The van der Waals surface area contributed by atoms with Crippen molar-refractivity contribution < 1.29 is 23.2 Å². The molecule has 7 heteroatoms. The number of rotatable bonds is 10. The zero-order valence-corrected chi connectivity index (χ0v) is 16.3. The highest BCUT2D eigenvalue weighted by atomic mass is 16.5. The third-order valence-corrected chi connectivity index (χ3v) is 4.85. The number of amides is 2. The molecule has 1 saturated heterocycles. The molecule has 2 aromatic heterocycles. The van der Waals surface area contributed by atoms with Gasteiger partial charge in [-0.15, -0.1) is 0 Å². The molecule has 0 N–H and O–H groups in total. The highest BCUT2D eigenvalue weighted by molar-refractivity contribution is 5.94. The van der Waals surface area contributed by atoms with Crippen molar-refractivity contribution in [2.45, 2.75) is 45.3 Å². The first kappa shape index (κ1) is 20.2. The Labute approximate surface area is 165 Å². The average molecular weight is 388 g/mol. The lowest BCUT2D eigenvalue weighted by Gasteiger charge is -2.28. The van der Waals surface area contributed by atoms with Crippen LogP contribution in [0.1, 0.15) is 48.9 Å². The van der Waals surface area contributed by atoms with Crippen molar-refractivity contribution in [2.75, 3.05) is 26.2 Å². The number of unbranched alkanes of at least 4 members (excludes halogenated alkanes) is 1. The highest BCUT2D eigenvalue weighted by Crippen LogP contribution is 2.16. The summed E-state index contributed by atoms with van der Waals surface area (Å²) in [4.78, 5) is 29.1. The first-order valence-corrected chi connectivity index (χ1v) is 9.92. The van der Waals surface area contributed by atoms with E-state index in [1.54, 1.807) is 34.3 Å². The van der Waals surface area contributed by atoms with Crippen molar-refractivity contribution in [3.8, 4) is 0 Å². The van der Waals surface area contributed by atoms with Gasteiger partial charge in [0.2, 0.25) is 5.91 Å². The number of carbonyl (C=O) groups is 2. The molecule has 0 aliphatic carbocycles. The van der Waals surface area contributed by atoms with Crippen molar-refractivity contribution in [1.29, 1.82) is 0 Å². The van der Waals surface area contributed by atoms with Gasteiger partial charge in [-0.1, -0.05) is 13.3 Å². The maximum absolute atomic E-state index is 13.1. The van der Waals surface area contributed by atoms with Gasteiger partial charge >= 0.3 is 0 Å². The summed E-state index contributed by atoms with van der Waals surface area (Å²) in [5.74, 6) is 0.578. The average Bonchev–Trinajstić information content (AvgIpc) is 3.47. The number of hydrogen-bond acceptors (Lipinski definition) is 5. The van der Waals surface area contributed by atoms with Gasteiger partial charge in [-0.2, -0.15) is 0 Å². The van der Waals surface area contributed by atoms with E-state index in [0.717, 1.165) is 32.3 Å². The summed E-state index contributed by atoms with van der Waals surface area (Å²) in [5, 5.41) is 0. The number of nitrogens with zero attached hydrogens (tertiary/aromatic N) is 2. The Bertz CT molecular complexity index is 720. The van der Waals surface area contributed by atoms with Gasteiger partial charge in [0.1, 0.15) is 12.3 Å². The second kappa shape index (κ2) is 10.1. The number of furan rings is 2. The lowest BCUT2D eigenvalue weighted by Crippen LogP contribution is -2.45. The Morgan fingerprint density at radius 2 is 1.96 bits per heavy atom. The van der Waals surface area contributed by atoms with Crippen molar-refractivity contribution in [3.05, 3.63) is 48.3 Å². The van der Waals surface area contributed by atoms with Crippen LogP contribution in [0, 0.1) is 0 Å². The number of carbonyl (C=O) groups excluding carboxylic acids is 2. The maximum Gasteiger partial charge on any atom is 0.290 e. The molecular formula is C21H28N2O5. The van der Waals surface area contributed by atoms with Crippen molar-refractivity contribution >= 4 is 11.8 Å². The molecule has 1 aliphatic heterocycles. The molecule has 7 nitrogen and oxygen atoms in total. The molecule has 0 saturated carbocycles. The Hall–Kier alpha value is -2.54. The highest BCUT2D eigenvalue weighted by Gasteiger charge is 2.27. The van der Waals surface area contributed by atoms with E-state index in [0.29, 0.717) is 25.4 Å². The third kappa shape index (κ3) is 5.48. The third-order valence-electron chi connectivity index (χ3n) is 4.85. The standard InChI is InChI=1S/C21H28N2O5/c1-2-3-10-22(21(25)19-9-6-13-28-19)16-20(24)23(14-17-7-4-11-26-17)15-18-8-5-12-27-18/h4,6-7,9,11,13,18H,2-3,5,8,10,12,14-16H2,1H3/t18-/m1/s1. The van der Waals surface area contributed by atoms with Gasteiger partial charge in [0.05, 0.1) is 25.2 Å². The van der Waals surface area contributed by atoms with Gasteiger partial charge in [-0.3, -0.25) is 9.59 Å². The molecule has 28 heavy (non-hydrogen) atoms. The lowest BCUT2D eigenvalue weighted by molar-refractivity contribution is -0.134. The van der Waals surface area contributed by atoms with Crippen LogP contribution in [0.25, 0.3) is 0 Å². The molecule has 1 aliphatic rings. The molecule has 0 radical (unpaired) electrons. The first-order valence-electron chi connectivity index (χ1n) is 9.92. The molecule has 3 heterocycles. The van der Waals surface area contributed by atoms with Crippen molar-refractivity contribution in [1.82, 2.24) is 9.80 Å². The van der Waals surface area contributed by atoms with E-state index in [1.165, 1.54) is 6.26 Å².